The highest BCUT2D eigenvalue weighted by atomic mass is 16.3. The Balaban J connectivity index is 1.77. The van der Waals surface area contributed by atoms with Crippen LogP contribution >= 0.6 is 0 Å². The third-order valence-electron chi connectivity index (χ3n) is 6.47. The molecule has 0 fully saturated rings. The average Bonchev–Trinajstić information content (AvgIpc) is 3.18. The van der Waals surface area contributed by atoms with Crippen LogP contribution in [0.1, 0.15) is 39.2 Å². The van der Waals surface area contributed by atoms with E-state index in [2.05, 4.69) is 88.4 Å². The van der Waals surface area contributed by atoms with Gasteiger partial charge in [-0.1, -0.05) is 82.3 Å². The number of fused-ring (bicyclic) bond motifs is 3. The van der Waals surface area contributed by atoms with E-state index in [1.807, 2.05) is 24.4 Å². The van der Waals surface area contributed by atoms with Crippen molar-refractivity contribution in [3.63, 3.8) is 0 Å². The molecule has 0 amide bonds. The second-order valence-corrected chi connectivity index (χ2v) is 9.39. The number of para-hydroxylation sites is 1. The molecule has 0 radical (unpaired) electrons. The average molecular weight is 406 g/mol. The topological polar surface area (TPSA) is 26.0 Å². The normalized spacial score (nSPS) is 13.0. The quantitative estimate of drug-likeness (QED) is 0.301. The van der Waals surface area contributed by atoms with E-state index >= 15 is 0 Å². The van der Waals surface area contributed by atoms with E-state index in [9.17, 15) is 0 Å². The minimum atomic E-state index is 0.185. The third kappa shape index (κ3) is 3.42. The van der Waals surface area contributed by atoms with Crippen LogP contribution in [0.5, 0.6) is 0 Å². The zero-order valence-electron chi connectivity index (χ0n) is 18.5. The Morgan fingerprint density at radius 1 is 0.806 bits per heavy atom. The van der Waals surface area contributed by atoms with Crippen LogP contribution in [-0.4, -0.2) is 4.98 Å². The number of aromatic nitrogens is 1. The van der Waals surface area contributed by atoms with Gasteiger partial charge in [0.1, 0.15) is 11.2 Å². The summed E-state index contributed by atoms with van der Waals surface area (Å²) in [5.74, 6) is 0.420. The summed E-state index contributed by atoms with van der Waals surface area (Å²) >= 11 is 0. The summed E-state index contributed by atoms with van der Waals surface area (Å²) in [5.41, 5.74) is 7.65. The van der Waals surface area contributed by atoms with Crippen molar-refractivity contribution in [1.29, 1.82) is 0 Å². The first-order valence-corrected chi connectivity index (χ1v) is 10.9. The zero-order chi connectivity index (χ0) is 21.6. The number of nitrogens with zero attached hydrogens (tertiary/aromatic N) is 1. The molecule has 1 atom stereocenters. The molecule has 0 spiro atoms. The smallest absolute Gasteiger partial charge is 0.145 e. The van der Waals surface area contributed by atoms with Crippen LogP contribution in [0.2, 0.25) is 0 Å². The largest absolute Gasteiger partial charge is 0.455 e. The van der Waals surface area contributed by atoms with E-state index in [1.54, 1.807) is 0 Å². The molecule has 5 rings (SSSR count). The molecule has 1 unspecified atom stereocenters. The lowest BCUT2D eigenvalue weighted by Crippen LogP contribution is -2.15. The minimum Gasteiger partial charge on any atom is -0.455 e. The Morgan fingerprint density at radius 3 is 2.29 bits per heavy atom. The van der Waals surface area contributed by atoms with E-state index < -0.39 is 0 Å². The first-order chi connectivity index (χ1) is 14.9. The summed E-state index contributed by atoms with van der Waals surface area (Å²) in [6, 6.07) is 27.5. The lowest BCUT2D eigenvalue weighted by molar-refractivity contribution is 0.339. The van der Waals surface area contributed by atoms with Crippen LogP contribution in [0.15, 0.2) is 89.5 Å². The van der Waals surface area contributed by atoms with Gasteiger partial charge in [0.25, 0.3) is 0 Å². The minimum absolute atomic E-state index is 0.185. The molecule has 2 heterocycles. The van der Waals surface area contributed by atoms with Gasteiger partial charge in [-0.2, -0.15) is 0 Å². The van der Waals surface area contributed by atoms with Gasteiger partial charge in [0.05, 0.1) is 5.69 Å². The predicted molar refractivity (Wildman–Crippen MR) is 130 cm³/mol. The van der Waals surface area contributed by atoms with Gasteiger partial charge in [0.2, 0.25) is 0 Å². The molecule has 2 heteroatoms. The first-order valence-electron chi connectivity index (χ1n) is 10.9. The standard InChI is InChI=1S/C29H27NO/c1-19(29(2,3)4)21-16-17-30-25(18-21)23-15-14-22(20-10-6-5-7-11-20)27-24-12-8-9-13-26(24)31-28(23)27/h5-19H,1-4H3. The molecular weight excluding hydrogens is 378 g/mol. The first kappa shape index (κ1) is 19.6. The van der Waals surface area contributed by atoms with Crippen molar-refractivity contribution in [3.05, 3.63) is 90.6 Å². The second kappa shape index (κ2) is 7.39. The molecule has 0 bridgehead atoms. The monoisotopic (exact) mass is 405 g/mol. The third-order valence-corrected chi connectivity index (χ3v) is 6.47. The molecule has 0 aliphatic heterocycles. The lowest BCUT2D eigenvalue weighted by atomic mass is 9.78. The summed E-state index contributed by atoms with van der Waals surface area (Å²) in [7, 11) is 0. The summed E-state index contributed by atoms with van der Waals surface area (Å²) in [6.07, 6.45) is 1.92. The van der Waals surface area contributed by atoms with E-state index in [1.165, 1.54) is 16.7 Å². The van der Waals surface area contributed by atoms with Gasteiger partial charge in [-0.25, -0.2) is 0 Å². The van der Waals surface area contributed by atoms with Gasteiger partial charge in [0, 0.05) is 22.5 Å². The van der Waals surface area contributed by atoms with Crippen molar-refractivity contribution in [1.82, 2.24) is 4.98 Å². The summed E-state index contributed by atoms with van der Waals surface area (Å²) in [6.45, 7) is 9.13. The Kier molecular flexibility index (Phi) is 4.66. The molecule has 0 aliphatic rings. The van der Waals surface area contributed by atoms with Gasteiger partial charge in [-0.15, -0.1) is 0 Å². The van der Waals surface area contributed by atoms with Gasteiger partial charge >= 0.3 is 0 Å². The summed E-state index contributed by atoms with van der Waals surface area (Å²) in [5, 5.41) is 2.28. The maximum atomic E-state index is 6.43. The van der Waals surface area contributed by atoms with Gasteiger partial charge in [-0.05, 0) is 52.3 Å². The number of hydrogen-bond acceptors (Lipinski definition) is 2. The Labute approximate surface area is 183 Å². The highest BCUT2D eigenvalue weighted by Gasteiger charge is 2.23. The van der Waals surface area contributed by atoms with Gasteiger partial charge in [-0.3, -0.25) is 4.98 Å². The molecule has 154 valence electrons. The van der Waals surface area contributed by atoms with Crippen molar-refractivity contribution in [2.24, 2.45) is 5.41 Å². The highest BCUT2D eigenvalue weighted by Crippen LogP contribution is 2.42. The number of furan rings is 1. The Hall–Kier alpha value is -3.39. The molecule has 5 aromatic rings. The number of hydrogen-bond donors (Lipinski definition) is 0. The summed E-state index contributed by atoms with van der Waals surface area (Å²) < 4.78 is 6.43. The van der Waals surface area contributed by atoms with Crippen LogP contribution in [0.3, 0.4) is 0 Å². The number of benzene rings is 3. The van der Waals surface area contributed by atoms with Gasteiger partial charge in [0.15, 0.2) is 0 Å². The van der Waals surface area contributed by atoms with Crippen LogP contribution in [0, 0.1) is 5.41 Å². The van der Waals surface area contributed by atoms with Crippen molar-refractivity contribution < 1.29 is 4.42 Å². The molecule has 0 saturated carbocycles. The molecule has 2 aromatic heterocycles. The van der Waals surface area contributed by atoms with E-state index in [-0.39, 0.29) is 5.41 Å². The fourth-order valence-electron chi connectivity index (χ4n) is 4.25. The SMILES string of the molecule is CC(c1ccnc(-c2ccc(-c3ccccc3)c3c2oc2ccccc23)c1)C(C)(C)C. The fraction of sp³-hybridized carbons (Fsp3) is 0.207. The van der Waals surface area contributed by atoms with Crippen molar-refractivity contribution in [2.75, 3.05) is 0 Å². The second-order valence-electron chi connectivity index (χ2n) is 9.39. The van der Waals surface area contributed by atoms with Crippen LogP contribution < -0.4 is 0 Å². The fourth-order valence-corrected chi connectivity index (χ4v) is 4.25. The molecule has 2 nitrogen and oxygen atoms in total. The lowest BCUT2D eigenvalue weighted by Gasteiger charge is -2.27. The van der Waals surface area contributed by atoms with Crippen molar-refractivity contribution in [2.45, 2.75) is 33.6 Å². The molecule has 3 aromatic carbocycles. The van der Waals surface area contributed by atoms with E-state index in [0.717, 1.165) is 33.2 Å². The maximum absolute atomic E-state index is 6.43. The zero-order valence-corrected chi connectivity index (χ0v) is 18.5. The predicted octanol–water partition coefficient (Wildman–Crippen LogP) is 8.46. The van der Waals surface area contributed by atoms with Crippen LogP contribution in [-0.2, 0) is 0 Å². The Morgan fingerprint density at radius 2 is 1.52 bits per heavy atom. The molecule has 0 saturated heterocycles. The molecular formula is C29H27NO. The number of rotatable bonds is 3. The van der Waals surface area contributed by atoms with E-state index in [4.69, 9.17) is 9.40 Å². The maximum Gasteiger partial charge on any atom is 0.145 e. The van der Waals surface area contributed by atoms with E-state index in [0.29, 0.717) is 5.92 Å². The molecule has 0 N–H and O–H groups in total. The molecule has 31 heavy (non-hydrogen) atoms. The van der Waals surface area contributed by atoms with Crippen LogP contribution in [0.25, 0.3) is 44.3 Å². The van der Waals surface area contributed by atoms with Crippen molar-refractivity contribution >= 4 is 21.9 Å². The Bertz CT molecular complexity index is 1370. The number of pyridine rings is 1. The highest BCUT2D eigenvalue weighted by molar-refractivity contribution is 6.16. The summed E-state index contributed by atoms with van der Waals surface area (Å²) in [4.78, 5) is 4.74. The van der Waals surface area contributed by atoms with Crippen LogP contribution in [0.4, 0.5) is 0 Å². The molecule has 0 aliphatic carbocycles. The van der Waals surface area contributed by atoms with Gasteiger partial charge < -0.3 is 4.42 Å². The van der Waals surface area contributed by atoms with Crippen molar-refractivity contribution in [3.8, 4) is 22.4 Å².